The minimum atomic E-state index is -1.96. The van der Waals surface area contributed by atoms with E-state index in [-0.39, 0.29) is 65.2 Å². The Balaban J connectivity index is 1.68. The Hall–Kier alpha value is -1.24. The van der Waals surface area contributed by atoms with Gasteiger partial charge in [-0.2, -0.15) is 0 Å². The summed E-state index contributed by atoms with van der Waals surface area (Å²) in [4.78, 5) is 25.6. The Labute approximate surface area is 194 Å². The lowest BCUT2D eigenvalue weighted by atomic mass is 9.63. The van der Waals surface area contributed by atoms with Crippen LogP contribution in [-0.4, -0.2) is 44.0 Å². The van der Waals surface area contributed by atoms with Gasteiger partial charge in [0.05, 0.1) is 19.1 Å². The number of allylic oxidation sites excluding steroid dienone is 4. The molecule has 7 atom stereocenters. The molecule has 0 bridgehead atoms. The first-order valence-electron chi connectivity index (χ1n) is 12.3. The monoisotopic (exact) mass is 462 g/mol. The molecule has 1 saturated heterocycles. The second-order valence-corrected chi connectivity index (χ2v) is 16.5. The predicted molar refractivity (Wildman–Crippen MR) is 129 cm³/mol. The van der Waals surface area contributed by atoms with E-state index >= 15 is 0 Å². The molecular weight excluding hydrogens is 420 g/mol. The molecule has 0 aromatic carbocycles. The molecule has 0 aromatic rings. The molecule has 5 nitrogen and oxygen atoms in total. The largest absolute Gasteiger partial charge is 0.462 e. The summed E-state index contributed by atoms with van der Waals surface area (Å²) in [5.41, 5.74) is 1.09. The van der Waals surface area contributed by atoms with Crippen molar-refractivity contribution in [2.75, 3.05) is 6.61 Å². The maximum atomic E-state index is 13.2. The summed E-state index contributed by atoms with van der Waals surface area (Å²) in [5.74, 6) is 0.00312. The van der Waals surface area contributed by atoms with Crippen molar-refractivity contribution < 1.29 is 23.9 Å². The highest BCUT2D eigenvalue weighted by Gasteiger charge is 2.44. The first-order chi connectivity index (χ1) is 14.8. The number of esters is 1. The van der Waals surface area contributed by atoms with Gasteiger partial charge in [-0.25, -0.2) is 0 Å². The Kier molecular flexibility index (Phi) is 7.58. The molecule has 3 aliphatic rings. The first kappa shape index (κ1) is 25.4. The van der Waals surface area contributed by atoms with Crippen LogP contribution in [0.15, 0.2) is 23.8 Å². The number of fused-ring (bicyclic) bond motifs is 1. The fraction of sp³-hybridized carbons (Fsp3) is 0.769. The lowest BCUT2D eigenvalue weighted by Crippen LogP contribution is -2.47. The van der Waals surface area contributed by atoms with Crippen LogP contribution in [0, 0.1) is 29.6 Å². The molecule has 1 heterocycles. The molecule has 0 radical (unpaired) electrons. The van der Waals surface area contributed by atoms with Crippen molar-refractivity contribution in [3.05, 3.63) is 23.8 Å². The van der Waals surface area contributed by atoms with E-state index in [4.69, 9.17) is 9.16 Å². The van der Waals surface area contributed by atoms with Gasteiger partial charge in [-0.3, -0.25) is 9.59 Å². The quantitative estimate of drug-likeness (QED) is 0.441. The maximum Gasteiger partial charge on any atom is 0.308 e. The minimum Gasteiger partial charge on any atom is -0.462 e. The Morgan fingerprint density at radius 3 is 2.47 bits per heavy atom. The van der Waals surface area contributed by atoms with Crippen molar-refractivity contribution >= 4 is 20.1 Å². The standard InChI is InChI=1S/C26H42O5Si/c1-16-8-9-18-12-17(2)22(15-27)25(29)24(18)21(16)11-10-19-13-20(14-23(28)30-19)31-32(6,7)26(3,4)5/h8-9,12,16-17,19-22,24,27H,10-11,13-15H2,1-7H3/t16-,17-,19+,20+,21-,22+,24-/m0/s1. The fourth-order valence-electron chi connectivity index (χ4n) is 5.27. The van der Waals surface area contributed by atoms with Crippen LogP contribution in [0.25, 0.3) is 0 Å². The summed E-state index contributed by atoms with van der Waals surface area (Å²) in [6.07, 6.45) is 8.81. The van der Waals surface area contributed by atoms with Crippen molar-refractivity contribution in [1.29, 1.82) is 0 Å². The van der Waals surface area contributed by atoms with Crippen LogP contribution < -0.4 is 0 Å². The van der Waals surface area contributed by atoms with Crippen molar-refractivity contribution in [3.63, 3.8) is 0 Å². The van der Waals surface area contributed by atoms with Crippen LogP contribution in [0.3, 0.4) is 0 Å². The summed E-state index contributed by atoms with van der Waals surface area (Å²) < 4.78 is 12.2. The van der Waals surface area contributed by atoms with Gasteiger partial charge >= 0.3 is 5.97 Å². The molecule has 0 unspecified atom stereocenters. The Morgan fingerprint density at radius 2 is 1.84 bits per heavy atom. The van der Waals surface area contributed by atoms with Gasteiger partial charge < -0.3 is 14.3 Å². The molecule has 180 valence electrons. The SMILES string of the molecule is C[C@H]1C=CC2=C[C@H](C)[C@@H](CO)C(=O)[C@@H]2[C@H]1CC[C@@H]1C[C@@H](O[Si](C)(C)C(C)(C)C)CC(=O)O1. The molecule has 0 aromatic heterocycles. The number of hydrogen-bond donors (Lipinski definition) is 1. The van der Waals surface area contributed by atoms with Gasteiger partial charge in [-0.05, 0) is 54.3 Å². The lowest BCUT2D eigenvalue weighted by Gasteiger charge is -2.42. The Bertz CT molecular complexity index is 778. The number of aliphatic hydroxyl groups excluding tert-OH is 1. The number of ketones is 1. The van der Waals surface area contributed by atoms with E-state index in [1.54, 1.807) is 0 Å². The topological polar surface area (TPSA) is 72.8 Å². The van der Waals surface area contributed by atoms with Gasteiger partial charge in [-0.1, -0.05) is 52.8 Å². The number of Topliss-reactive ketones (excluding diaryl/α,β-unsaturated/α-hetero) is 1. The molecule has 0 amide bonds. The minimum absolute atomic E-state index is 0.0602. The number of aliphatic hydroxyl groups is 1. The summed E-state index contributed by atoms with van der Waals surface area (Å²) in [6.45, 7) is 15.1. The van der Waals surface area contributed by atoms with E-state index in [1.807, 2.05) is 6.92 Å². The average Bonchev–Trinajstić information content (AvgIpc) is 2.66. The highest BCUT2D eigenvalue weighted by Crippen LogP contribution is 2.44. The van der Waals surface area contributed by atoms with Crippen LogP contribution in [-0.2, 0) is 18.8 Å². The van der Waals surface area contributed by atoms with E-state index in [1.165, 1.54) is 0 Å². The number of hydrogen-bond acceptors (Lipinski definition) is 5. The van der Waals surface area contributed by atoms with E-state index < -0.39 is 8.32 Å². The van der Waals surface area contributed by atoms with Crippen LogP contribution in [0.4, 0.5) is 0 Å². The molecule has 1 fully saturated rings. The number of carbonyl (C=O) groups is 2. The third kappa shape index (κ3) is 5.28. The number of cyclic esters (lactones) is 1. The summed E-state index contributed by atoms with van der Waals surface area (Å²) >= 11 is 0. The second kappa shape index (κ2) is 9.55. The summed E-state index contributed by atoms with van der Waals surface area (Å²) in [7, 11) is -1.96. The molecule has 1 aliphatic heterocycles. The average molecular weight is 463 g/mol. The normalized spacial score (nSPS) is 35.9. The van der Waals surface area contributed by atoms with Crippen LogP contribution in [0.2, 0.25) is 18.1 Å². The third-order valence-corrected chi connectivity index (χ3v) is 12.9. The first-order valence-corrected chi connectivity index (χ1v) is 15.2. The van der Waals surface area contributed by atoms with Gasteiger partial charge in [0.15, 0.2) is 8.32 Å². The molecule has 1 N–H and O–H groups in total. The molecule has 0 spiro atoms. The van der Waals surface area contributed by atoms with Crippen molar-refractivity contribution in [3.8, 4) is 0 Å². The smallest absolute Gasteiger partial charge is 0.308 e. The van der Waals surface area contributed by atoms with Crippen LogP contribution in [0.1, 0.15) is 60.3 Å². The highest BCUT2D eigenvalue weighted by atomic mass is 28.4. The second-order valence-electron chi connectivity index (χ2n) is 11.7. The van der Waals surface area contributed by atoms with Gasteiger partial charge in [-0.15, -0.1) is 0 Å². The maximum absolute atomic E-state index is 13.2. The zero-order chi connectivity index (χ0) is 23.8. The summed E-state index contributed by atoms with van der Waals surface area (Å²) in [5, 5.41) is 9.88. The molecular formula is C26H42O5Si. The zero-order valence-corrected chi connectivity index (χ0v) is 21.9. The number of rotatable bonds is 6. The van der Waals surface area contributed by atoms with Crippen molar-refractivity contribution in [2.24, 2.45) is 29.6 Å². The molecule has 32 heavy (non-hydrogen) atoms. The highest BCUT2D eigenvalue weighted by molar-refractivity contribution is 6.74. The van der Waals surface area contributed by atoms with Gasteiger partial charge in [0, 0.05) is 18.3 Å². The lowest BCUT2D eigenvalue weighted by molar-refractivity contribution is -0.160. The van der Waals surface area contributed by atoms with E-state index in [0.29, 0.717) is 6.42 Å². The predicted octanol–water partition coefficient (Wildman–Crippen LogP) is 5.05. The van der Waals surface area contributed by atoms with E-state index in [0.717, 1.165) is 24.8 Å². The van der Waals surface area contributed by atoms with Gasteiger partial charge in [0.25, 0.3) is 0 Å². The number of carbonyl (C=O) groups excluding carboxylic acids is 2. The van der Waals surface area contributed by atoms with Gasteiger partial charge in [0.1, 0.15) is 11.9 Å². The molecule has 0 saturated carbocycles. The molecule has 3 rings (SSSR count). The third-order valence-electron chi connectivity index (χ3n) is 8.32. The molecule has 2 aliphatic carbocycles. The van der Waals surface area contributed by atoms with Crippen LogP contribution >= 0.6 is 0 Å². The van der Waals surface area contributed by atoms with E-state index in [2.05, 4.69) is 59.0 Å². The Morgan fingerprint density at radius 1 is 1.16 bits per heavy atom. The number of ether oxygens (including phenoxy) is 1. The van der Waals surface area contributed by atoms with Crippen molar-refractivity contribution in [1.82, 2.24) is 0 Å². The molecule has 6 heteroatoms. The zero-order valence-electron chi connectivity index (χ0n) is 20.9. The van der Waals surface area contributed by atoms with E-state index in [9.17, 15) is 14.7 Å². The van der Waals surface area contributed by atoms with Gasteiger partial charge in [0.2, 0.25) is 0 Å². The summed E-state index contributed by atoms with van der Waals surface area (Å²) in [6, 6.07) is 0. The van der Waals surface area contributed by atoms with Crippen LogP contribution in [0.5, 0.6) is 0 Å². The fourth-order valence-corrected chi connectivity index (χ4v) is 6.64. The van der Waals surface area contributed by atoms with Crippen molar-refractivity contribution in [2.45, 2.75) is 90.6 Å².